The minimum atomic E-state index is -3.97. The first kappa shape index (κ1) is 18.0. The van der Waals surface area contributed by atoms with Crippen LogP contribution in [-0.2, 0) is 10.0 Å². The molecule has 2 aromatic heterocycles. The van der Waals surface area contributed by atoms with Crippen LogP contribution in [0, 0.1) is 6.92 Å². The van der Waals surface area contributed by atoms with Crippen LogP contribution >= 0.6 is 11.3 Å². The third kappa shape index (κ3) is 2.61. The Morgan fingerprint density at radius 2 is 2.00 bits per heavy atom. The lowest BCUT2D eigenvalue weighted by Gasteiger charge is -2.13. The van der Waals surface area contributed by atoms with Crippen LogP contribution in [0.25, 0.3) is 10.2 Å². The molecule has 11 heteroatoms. The van der Waals surface area contributed by atoms with E-state index in [0.717, 1.165) is 8.98 Å². The molecule has 0 saturated heterocycles. The Kier molecular flexibility index (Phi) is 3.71. The van der Waals surface area contributed by atoms with Gasteiger partial charge in [0.25, 0.3) is 27.4 Å². The molecule has 0 atom stereocenters. The van der Waals surface area contributed by atoms with E-state index in [0.29, 0.717) is 28.9 Å². The Morgan fingerprint density at radius 1 is 1.24 bits per heavy atom. The number of benzene rings is 1. The first-order valence-corrected chi connectivity index (χ1v) is 11.1. The van der Waals surface area contributed by atoms with Gasteiger partial charge in [-0.05, 0) is 49.4 Å². The third-order valence-electron chi connectivity index (χ3n) is 4.97. The molecule has 1 aromatic carbocycles. The van der Waals surface area contributed by atoms with Crippen molar-refractivity contribution in [2.75, 3.05) is 5.43 Å². The Labute approximate surface area is 168 Å². The van der Waals surface area contributed by atoms with E-state index < -0.39 is 27.4 Å². The van der Waals surface area contributed by atoms with Gasteiger partial charge in [-0.3, -0.25) is 19.8 Å². The van der Waals surface area contributed by atoms with Crippen LogP contribution < -0.4 is 11.0 Å². The number of thiophene rings is 1. The maximum atomic E-state index is 12.7. The Hall–Kier alpha value is -3.05. The highest BCUT2D eigenvalue weighted by molar-refractivity contribution is 7.90. The average molecular weight is 430 g/mol. The van der Waals surface area contributed by atoms with Crippen LogP contribution in [0.15, 0.2) is 39.3 Å². The van der Waals surface area contributed by atoms with Crippen LogP contribution in [-0.4, -0.2) is 40.2 Å². The van der Waals surface area contributed by atoms with Gasteiger partial charge in [-0.15, -0.1) is 11.3 Å². The van der Waals surface area contributed by atoms with E-state index in [1.54, 1.807) is 18.4 Å². The summed E-state index contributed by atoms with van der Waals surface area (Å²) < 4.78 is 27.4. The van der Waals surface area contributed by atoms with Crippen LogP contribution in [0.1, 0.15) is 39.4 Å². The molecular weight excluding hydrogens is 416 g/mol. The van der Waals surface area contributed by atoms with Crippen LogP contribution in [0.4, 0.5) is 0 Å². The normalized spacial score (nSPS) is 17.6. The second-order valence-corrected chi connectivity index (χ2v) is 9.61. The monoisotopic (exact) mass is 430 g/mol. The first-order valence-electron chi connectivity index (χ1n) is 8.80. The minimum absolute atomic E-state index is 0.0227. The second kappa shape index (κ2) is 5.97. The van der Waals surface area contributed by atoms with E-state index in [9.17, 15) is 22.8 Å². The van der Waals surface area contributed by atoms with E-state index in [2.05, 4.69) is 10.4 Å². The van der Waals surface area contributed by atoms with E-state index >= 15 is 0 Å². The van der Waals surface area contributed by atoms with Crippen molar-refractivity contribution >= 4 is 43.4 Å². The molecule has 29 heavy (non-hydrogen) atoms. The minimum Gasteiger partial charge on any atom is -0.268 e. The van der Waals surface area contributed by atoms with Gasteiger partial charge in [0.05, 0.1) is 10.9 Å². The van der Waals surface area contributed by atoms with Gasteiger partial charge in [0, 0.05) is 11.6 Å². The van der Waals surface area contributed by atoms with Gasteiger partial charge in [0.1, 0.15) is 15.6 Å². The van der Waals surface area contributed by atoms with Crippen molar-refractivity contribution < 1.29 is 18.0 Å². The summed E-state index contributed by atoms with van der Waals surface area (Å²) in [6.45, 7) is 1.58. The summed E-state index contributed by atoms with van der Waals surface area (Å²) in [4.78, 5) is 42.5. The molecule has 0 bridgehead atoms. The zero-order valence-corrected chi connectivity index (χ0v) is 16.7. The largest absolute Gasteiger partial charge is 0.281 e. The van der Waals surface area contributed by atoms with Gasteiger partial charge in [0.2, 0.25) is 0 Å². The first-order chi connectivity index (χ1) is 13.8. The quantitative estimate of drug-likeness (QED) is 0.672. The molecule has 1 N–H and O–H groups in total. The third-order valence-corrected chi connectivity index (χ3v) is 7.65. The standard InChI is InChI=1S/C18H14N4O5S2/c1-9-19-16-13(6-7-28-16)17(24)21(9)20-15(23)10-2-5-12-14(8-10)29(26,27)22(18(12)25)11-3-4-11/h2,5-8,11H,3-4H2,1H3,(H,20,23). The highest BCUT2D eigenvalue weighted by Gasteiger charge is 2.48. The molecule has 1 aliphatic heterocycles. The van der Waals surface area contributed by atoms with Crippen LogP contribution in [0.5, 0.6) is 0 Å². The molecule has 3 heterocycles. The molecule has 0 spiro atoms. The van der Waals surface area contributed by atoms with Gasteiger partial charge >= 0.3 is 0 Å². The highest BCUT2D eigenvalue weighted by Crippen LogP contribution is 2.39. The van der Waals surface area contributed by atoms with Gasteiger partial charge in [-0.25, -0.2) is 22.4 Å². The lowest BCUT2D eigenvalue weighted by Crippen LogP contribution is -2.35. The maximum absolute atomic E-state index is 12.7. The smallest absolute Gasteiger partial charge is 0.268 e. The van der Waals surface area contributed by atoms with Crippen LogP contribution in [0.3, 0.4) is 0 Å². The number of nitrogens with zero attached hydrogens (tertiary/aromatic N) is 3. The predicted octanol–water partition coefficient (Wildman–Crippen LogP) is 1.46. The maximum Gasteiger partial charge on any atom is 0.281 e. The van der Waals surface area contributed by atoms with E-state index in [-0.39, 0.29) is 22.1 Å². The highest BCUT2D eigenvalue weighted by atomic mass is 32.2. The van der Waals surface area contributed by atoms with Crippen molar-refractivity contribution in [2.45, 2.75) is 30.7 Å². The fourth-order valence-electron chi connectivity index (χ4n) is 3.37. The zero-order chi connectivity index (χ0) is 20.5. The summed E-state index contributed by atoms with van der Waals surface area (Å²) in [6.07, 6.45) is 1.29. The number of amides is 2. The summed E-state index contributed by atoms with van der Waals surface area (Å²) in [5, 5.41) is 2.11. The number of aryl methyl sites for hydroxylation is 1. The molecule has 1 fully saturated rings. The second-order valence-electron chi connectivity index (χ2n) is 6.93. The Balaban J connectivity index is 1.52. The van der Waals surface area contributed by atoms with Gasteiger partial charge in [0.15, 0.2) is 0 Å². The van der Waals surface area contributed by atoms with E-state index in [1.165, 1.54) is 29.5 Å². The van der Waals surface area contributed by atoms with E-state index in [4.69, 9.17) is 0 Å². The molecular formula is C18H14N4O5S2. The fourth-order valence-corrected chi connectivity index (χ4v) is 6.01. The van der Waals surface area contributed by atoms with Gasteiger partial charge in [-0.1, -0.05) is 0 Å². The molecule has 148 valence electrons. The lowest BCUT2D eigenvalue weighted by atomic mass is 10.1. The number of hydrogen-bond donors (Lipinski definition) is 1. The molecule has 1 aliphatic carbocycles. The number of hydrogen-bond acceptors (Lipinski definition) is 7. The lowest BCUT2D eigenvalue weighted by molar-refractivity contribution is 0.0864. The fraction of sp³-hybridized carbons (Fsp3) is 0.222. The summed E-state index contributed by atoms with van der Waals surface area (Å²) in [5.74, 6) is -0.947. The number of sulfonamides is 1. The predicted molar refractivity (Wildman–Crippen MR) is 105 cm³/mol. The van der Waals surface area contributed by atoms with Crippen molar-refractivity contribution in [3.05, 3.63) is 57.0 Å². The summed E-state index contributed by atoms with van der Waals surface area (Å²) in [7, 11) is -3.97. The Morgan fingerprint density at radius 3 is 2.72 bits per heavy atom. The number of fused-ring (bicyclic) bond motifs is 2. The molecule has 9 nitrogen and oxygen atoms in total. The molecule has 5 rings (SSSR count). The van der Waals surface area contributed by atoms with Crippen molar-refractivity contribution in [3.63, 3.8) is 0 Å². The number of nitrogens with one attached hydrogen (secondary N) is 1. The van der Waals surface area contributed by atoms with Crippen molar-refractivity contribution in [3.8, 4) is 0 Å². The van der Waals surface area contributed by atoms with Gasteiger partial charge in [-0.2, -0.15) is 0 Å². The topological polar surface area (TPSA) is 118 Å². The number of carbonyl (C=O) groups excluding carboxylic acids is 2. The molecule has 3 aromatic rings. The summed E-state index contributed by atoms with van der Waals surface area (Å²) in [6, 6.07) is 5.20. The van der Waals surface area contributed by atoms with Crippen molar-refractivity contribution in [1.29, 1.82) is 0 Å². The Bertz CT molecular complexity index is 1380. The molecule has 2 amide bonds. The molecule has 0 unspecified atom stereocenters. The molecule has 1 saturated carbocycles. The zero-order valence-electron chi connectivity index (χ0n) is 15.1. The summed E-state index contributed by atoms with van der Waals surface area (Å²) in [5.41, 5.74) is 2.12. The summed E-state index contributed by atoms with van der Waals surface area (Å²) >= 11 is 1.32. The van der Waals surface area contributed by atoms with Crippen LogP contribution in [0.2, 0.25) is 0 Å². The van der Waals surface area contributed by atoms with Crippen molar-refractivity contribution in [2.24, 2.45) is 0 Å². The SMILES string of the molecule is Cc1nc2sccc2c(=O)n1NC(=O)c1ccc2c(c1)S(=O)(=O)N(C1CC1)C2=O. The average Bonchev–Trinajstić information content (AvgIpc) is 3.35. The molecule has 2 aliphatic rings. The number of rotatable bonds is 3. The van der Waals surface area contributed by atoms with E-state index in [1.807, 2.05) is 0 Å². The number of aromatic nitrogens is 2. The van der Waals surface area contributed by atoms with Crippen molar-refractivity contribution in [1.82, 2.24) is 14.0 Å². The number of carbonyl (C=O) groups is 2. The van der Waals surface area contributed by atoms with Gasteiger partial charge < -0.3 is 0 Å². The molecule has 0 radical (unpaired) electrons.